The predicted octanol–water partition coefficient (Wildman–Crippen LogP) is 3.93. The first-order chi connectivity index (χ1) is 9.13. The highest BCUT2D eigenvalue weighted by Gasteiger charge is 2.13. The number of hydrogen-bond donors (Lipinski definition) is 0. The molecule has 2 rings (SSSR count). The number of benzene rings is 2. The summed E-state index contributed by atoms with van der Waals surface area (Å²) >= 11 is 0. The van der Waals surface area contributed by atoms with Gasteiger partial charge in [0.05, 0.1) is 6.61 Å². The normalized spacial score (nSPS) is 10.3. The van der Waals surface area contributed by atoms with Gasteiger partial charge in [-0.2, -0.15) is 0 Å². The molecule has 0 bridgehead atoms. The van der Waals surface area contributed by atoms with E-state index in [0.717, 1.165) is 22.4 Å². The van der Waals surface area contributed by atoms with Crippen molar-refractivity contribution in [3.05, 3.63) is 64.7 Å². The van der Waals surface area contributed by atoms with E-state index in [2.05, 4.69) is 0 Å². The van der Waals surface area contributed by atoms with Gasteiger partial charge in [0.15, 0.2) is 5.78 Å². The lowest BCUT2D eigenvalue weighted by Gasteiger charge is -2.12. The van der Waals surface area contributed by atoms with Crippen LogP contribution in [0.4, 0.5) is 0 Å². The molecule has 0 aromatic heterocycles. The van der Waals surface area contributed by atoms with E-state index in [9.17, 15) is 4.79 Å². The highest BCUT2D eigenvalue weighted by Crippen LogP contribution is 2.24. The summed E-state index contributed by atoms with van der Waals surface area (Å²) in [5.41, 5.74) is 3.40. The van der Waals surface area contributed by atoms with E-state index in [4.69, 9.17) is 4.74 Å². The van der Waals surface area contributed by atoms with E-state index in [0.29, 0.717) is 12.2 Å². The van der Waals surface area contributed by atoms with Crippen LogP contribution in [0.2, 0.25) is 0 Å². The van der Waals surface area contributed by atoms with Gasteiger partial charge in [-0.15, -0.1) is 0 Å². The number of hydrogen-bond acceptors (Lipinski definition) is 2. The molecule has 2 heteroatoms. The molecule has 0 radical (unpaired) electrons. The van der Waals surface area contributed by atoms with E-state index in [1.165, 1.54) is 0 Å². The Balaban J connectivity index is 2.41. The van der Waals surface area contributed by atoms with E-state index >= 15 is 0 Å². The molecule has 0 N–H and O–H groups in total. The molecular weight excluding hydrogens is 236 g/mol. The lowest BCUT2D eigenvalue weighted by Crippen LogP contribution is -2.05. The monoisotopic (exact) mass is 254 g/mol. The molecule has 0 heterocycles. The summed E-state index contributed by atoms with van der Waals surface area (Å²) in [6, 6.07) is 13.2. The number of rotatable bonds is 4. The van der Waals surface area contributed by atoms with E-state index in [-0.39, 0.29) is 5.78 Å². The summed E-state index contributed by atoms with van der Waals surface area (Å²) in [6.45, 7) is 6.49. The minimum atomic E-state index is 0.0595. The first-order valence-corrected chi connectivity index (χ1v) is 6.47. The van der Waals surface area contributed by atoms with Gasteiger partial charge in [0.2, 0.25) is 0 Å². The lowest BCUT2D eigenvalue weighted by molar-refractivity contribution is 0.103. The fourth-order valence-electron chi connectivity index (χ4n) is 2.09. The van der Waals surface area contributed by atoms with Crippen LogP contribution in [0.15, 0.2) is 42.5 Å². The largest absolute Gasteiger partial charge is 0.494 e. The van der Waals surface area contributed by atoms with Gasteiger partial charge < -0.3 is 4.74 Å². The molecule has 0 aliphatic rings. The zero-order valence-corrected chi connectivity index (χ0v) is 11.6. The van der Waals surface area contributed by atoms with E-state index in [1.54, 1.807) is 0 Å². The van der Waals surface area contributed by atoms with Crippen molar-refractivity contribution < 1.29 is 9.53 Å². The van der Waals surface area contributed by atoms with Crippen LogP contribution in [0.5, 0.6) is 5.75 Å². The van der Waals surface area contributed by atoms with Crippen LogP contribution in [-0.2, 0) is 0 Å². The molecule has 0 amide bonds. The third-order valence-corrected chi connectivity index (χ3v) is 3.10. The first-order valence-electron chi connectivity index (χ1n) is 6.47. The Morgan fingerprint density at radius 1 is 1.05 bits per heavy atom. The Morgan fingerprint density at radius 3 is 2.37 bits per heavy atom. The van der Waals surface area contributed by atoms with Gasteiger partial charge in [0.1, 0.15) is 5.75 Å². The second-order valence-corrected chi connectivity index (χ2v) is 4.56. The molecule has 0 saturated carbocycles. The summed E-state index contributed by atoms with van der Waals surface area (Å²) in [7, 11) is 0. The molecule has 19 heavy (non-hydrogen) atoms. The number of ketones is 1. The average Bonchev–Trinajstić information content (AvgIpc) is 2.43. The zero-order chi connectivity index (χ0) is 13.8. The van der Waals surface area contributed by atoms with Crippen molar-refractivity contribution in [1.29, 1.82) is 0 Å². The molecular formula is C17H18O2. The molecule has 0 saturated heterocycles. The van der Waals surface area contributed by atoms with E-state index in [1.807, 2.05) is 63.2 Å². The van der Waals surface area contributed by atoms with Gasteiger partial charge in [0.25, 0.3) is 0 Å². The van der Waals surface area contributed by atoms with Crippen LogP contribution in [0.3, 0.4) is 0 Å². The SMILES string of the molecule is CCOc1cc(C)c(C(=O)c2ccccc2)cc1C. The molecule has 0 unspecified atom stereocenters. The van der Waals surface area contributed by atoms with Crippen LogP contribution in [0, 0.1) is 13.8 Å². The summed E-state index contributed by atoms with van der Waals surface area (Å²) in [4.78, 5) is 12.4. The Kier molecular flexibility index (Phi) is 4.00. The van der Waals surface area contributed by atoms with Crippen LogP contribution in [-0.4, -0.2) is 12.4 Å². The third kappa shape index (κ3) is 2.84. The molecule has 0 spiro atoms. The Hall–Kier alpha value is -2.09. The number of aryl methyl sites for hydroxylation is 2. The maximum absolute atomic E-state index is 12.4. The van der Waals surface area contributed by atoms with E-state index < -0.39 is 0 Å². The quantitative estimate of drug-likeness (QED) is 0.773. The highest BCUT2D eigenvalue weighted by molar-refractivity contribution is 6.10. The summed E-state index contributed by atoms with van der Waals surface area (Å²) in [5.74, 6) is 0.911. The number of ether oxygens (including phenoxy) is 1. The highest BCUT2D eigenvalue weighted by atomic mass is 16.5. The maximum atomic E-state index is 12.4. The molecule has 0 aliphatic carbocycles. The lowest BCUT2D eigenvalue weighted by atomic mass is 9.97. The zero-order valence-electron chi connectivity index (χ0n) is 11.6. The van der Waals surface area contributed by atoms with Gasteiger partial charge in [-0.3, -0.25) is 4.79 Å². The first kappa shape index (κ1) is 13.3. The van der Waals surface area contributed by atoms with Crippen molar-refractivity contribution in [2.45, 2.75) is 20.8 Å². The van der Waals surface area contributed by atoms with Crippen molar-refractivity contribution >= 4 is 5.78 Å². The molecule has 2 nitrogen and oxygen atoms in total. The van der Waals surface area contributed by atoms with Crippen molar-refractivity contribution in [3.8, 4) is 5.75 Å². The van der Waals surface area contributed by atoms with Crippen molar-refractivity contribution in [2.75, 3.05) is 6.61 Å². The minimum Gasteiger partial charge on any atom is -0.494 e. The summed E-state index contributed by atoms with van der Waals surface area (Å²) in [5, 5.41) is 0. The molecule has 0 atom stereocenters. The van der Waals surface area contributed by atoms with Crippen LogP contribution < -0.4 is 4.74 Å². The van der Waals surface area contributed by atoms with Gasteiger partial charge in [-0.1, -0.05) is 30.3 Å². The summed E-state index contributed by atoms with van der Waals surface area (Å²) < 4.78 is 5.55. The summed E-state index contributed by atoms with van der Waals surface area (Å²) in [6.07, 6.45) is 0. The number of carbonyl (C=O) groups is 1. The molecule has 0 fully saturated rings. The second kappa shape index (κ2) is 5.70. The van der Waals surface area contributed by atoms with Gasteiger partial charge in [0, 0.05) is 11.1 Å². The Labute approximate surface area is 114 Å². The minimum absolute atomic E-state index is 0.0595. The standard InChI is InChI=1S/C17H18O2/c1-4-19-16-11-12(2)15(10-13(16)3)17(18)14-8-6-5-7-9-14/h5-11H,4H2,1-3H3. The Morgan fingerprint density at radius 2 is 1.74 bits per heavy atom. The third-order valence-electron chi connectivity index (χ3n) is 3.10. The van der Waals surface area contributed by atoms with Gasteiger partial charge in [-0.25, -0.2) is 0 Å². The van der Waals surface area contributed by atoms with Crippen molar-refractivity contribution in [2.24, 2.45) is 0 Å². The second-order valence-electron chi connectivity index (χ2n) is 4.56. The predicted molar refractivity (Wildman–Crippen MR) is 77.0 cm³/mol. The van der Waals surface area contributed by atoms with Gasteiger partial charge >= 0.3 is 0 Å². The maximum Gasteiger partial charge on any atom is 0.193 e. The molecule has 98 valence electrons. The molecule has 2 aromatic carbocycles. The molecule has 0 aliphatic heterocycles. The Bertz CT molecular complexity index is 586. The smallest absolute Gasteiger partial charge is 0.193 e. The number of carbonyl (C=O) groups excluding carboxylic acids is 1. The topological polar surface area (TPSA) is 26.3 Å². The van der Waals surface area contributed by atoms with Crippen molar-refractivity contribution in [1.82, 2.24) is 0 Å². The van der Waals surface area contributed by atoms with Crippen molar-refractivity contribution in [3.63, 3.8) is 0 Å². The van der Waals surface area contributed by atoms with Gasteiger partial charge in [-0.05, 0) is 44.0 Å². The van der Waals surface area contributed by atoms with Crippen LogP contribution >= 0.6 is 0 Å². The average molecular weight is 254 g/mol. The fourth-order valence-corrected chi connectivity index (χ4v) is 2.09. The van der Waals surface area contributed by atoms with Crippen LogP contribution in [0.25, 0.3) is 0 Å². The fraction of sp³-hybridized carbons (Fsp3) is 0.235. The van der Waals surface area contributed by atoms with Crippen LogP contribution in [0.1, 0.15) is 34.0 Å². The molecule has 2 aromatic rings.